The van der Waals surface area contributed by atoms with Crippen LogP contribution < -0.4 is 15.2 Å². The molecule has 10 nitrogen and oxygen atoms in total. The fourth-order valence-electron chi connectivity index (χ4n) is 3.26. The summed E-state index contributed by atoms with van der Waals surface area (Å²) in [5, 5.41) is 20.0. The van der Waals surface area contributed by atoms with E-state index >= 15 is 0 Å². The van der Waals surface area contributed by atoms with Gasteiger partial charge >= 0.3 is 5.97 Å². The number of aromatic hydroxyl groups is 1. The van der Waals surface area contributed by atoms with Crippen LogP contribution in [0.25, 0.3) is 10.8 Å². The van der Waals surface area contributed by atoms with E-state index in [2.05, 4.69) is 9.71 Å². The summed E-state index contributed by atoms with van der Waals surface area (Å²) < 4.78 is 33.8. The van der Waals surface area contributed by atoms with E-state index < -0.39 is 39.3 Å². The van der Waals surface area contributed by atoms with Crippen LogP contribution in [0, 0.1) is 0 Å². The highest BCUT2D eigenvalue weighted by Gasteiger charge is 2.27. The number of ether oxygens (including phenoxy) is 1. The van der Waals surface area contributed by atoms with Crippen LogP contribution in [0.1, 0.15) is 10.5 Å². The van der Waals surface area contributed by atoms with Crippen molar-refractivity contribution in [2.75, 3.05) is 4.72 Å². The fraction of sp³-hybridized carbons (Fsp3) is 0.0417. The largest absolute Gasteiger partial charge is 0.505 e. The number of aromatic nitrogens is 1. The number of ketones is 1. The van der Waals surface area contributed by atoms with Crippen molar-refractivity contribution in [2.24, 2.45) is 5.73 Å². The minimum atomic E-state index is -3.85. The zero-order chi connectivity index (χ0) is 25.2. The molecule has 11 heteroatoms. The summed E-state index contributed by atoms with van der Waals surface area (Å²) >= 11 is 0. The highest BCUT2D eigenvalue weighted by atomic mass is 32.2. The molecule has 0 fully saturated rings. The number of benzene rings is 3. The second-order valence-corrected chi connectivity index (χ2v) is 9.08. The number of Topliss-reactive ketones (excluding diaryl/α,β-unsaturated/α-hetero) is 1. The lowest BCUT2D eigenvalue weighted by molar-refractivity contribution is -0.137. The van der Waals surface area contributed by atoms with Gasteiger partial charge in [0.2, 0.25) is 5.78 Å². The molecule has 4 aromatic rings. The number of nitrogens with zero attached hydrogens (tertiary/aromatic N) is 1. The predicted octanol–water partition coefficient (Wildman–Crippen LogP) is 3.13. The van der Waals surface area contributed by atoms with E-state index in [1.54, 1.807) is 42.5 Å². The van der Waals surface area contributed by atoms with E-state index in [1.165, 1.54) is 36.5 Å². The normalized spacial score (nSPS) is 12.1. The highest BCUT2D eigenvalue weighted by Crippen LogP contribution is 2.35. The van der Waals surface area contributed by atoms with Crippen molar-refractivity contribution in [3.63, 3.8) is 0 Å². The molecule has 0 saturated heterocycles. The average molecular weight is 493 g/mol. The molecule has 0 amide bonds. The Kier molecular flexibility index (Phi) is 6.36. The van der Waals surface area contributed by atoms with Crippen molar-refractivity contribution < 1.29 is 33.0 Å². The predicted molar refractivity (Wildman–Crippen MR) is 127 cm³/mol. The van der Waals surface area contributed by atoms with E-state index in [0.717, 1.165) is 0 Å². The molecule has 1 atom stereocenters. The molecule has 0 bridgehead atoms. The molecule has 0 saturated carbocycles. The van der Waals surface area contributed by atoms with Crippen molar-refractivity contribution in [1.29, 1.82) is 0 Å². The topological polar surface area (TPSA) is 169 Å². The Hall–Kier alpha value is -4.48. The van der Waals surface area contributed by atoms with Crippen LogP contribution in [0.15, 0.2) is 83.9 Å². The number of nitrogens with one attached hydrogen (secondary N) is 1. The number of anilines is 1. The van der Waals surface area contributed by atoms with E-state index in [1.807, 2.05) is 0 Å². The van der Waals surface area contributed by atoms with Gasteiger partial charge in [0.25, 0.3) is 10.0 Å². The van der Waals surface area contributed by atoms with Gasteiger partial charge in [-0.05, 0) is 42.5 Å². The summed E-state index contributed by atoms with van der Waals surface area (Å²) in [6.45, 7) is 0. The Morgan fingerprint density at radius 3 is 2.40 bits per heavy atom. The number of para-hydroxylation sites is 2. The third-order valence-electron chi connectivity index (χ3n) is 5.03. The van der Waals surface area contributed by atoms with Crippen molar-refractivity contribution >= 4 is 38.2 Å². The summed E-state index contributed by atoms with van der Waals surface area (Å²) in [6, 6.07) is 17.0. The molecule has 0 aliphatic heterocycles. The number of nitrogens with two attached hydrogens (primary N) is 1. The lowest BCUT2D eigenvalue weighted by Gasteiger charge is -2.14. The number of carboxylic acid groups (broad SMARTS) is 1. The van der Waals surface area contributed by atoms with Gasteiger partial charge in [-0.1, -0.05) is 30.3 Å². The second kappa shape index (κ2) is 9.41. The van der Waals surface area contributed by atoms with Crippen LogP contribution in [0.3, 0.4) is 0 Å². The molecule has 0 aliphatic rings. The maximum atomic E-state index is 12.7. The van der Waals surface area contributed by atoms with Crippen LogP contribution >= 0.6 is 0 Å². The van der Waals surface area contributed by atoms with Gasteiger partial charge in [-0.25, -0.2) is 13.4 Å². The molecule has 0 aliphatic carbocycles. The zero-order valence-electron chi connectivity index (χ0n) is 18.0. The summed E-state index contributed by atoms with van der Waals surface area (Å²) in [5.41, 5.74) is 5.09. The van der Waals surface area contributed by atoms with Gasteiger partial charge in [0.15, 0.2) is 23.2 Å². The van der Waals surface area contributed by atoms with Crippen LogP contribution in [-0.2, 0) is 14.8 Å². The van der Waals surface area contributed by atoms with Crippen molar-refractivity contribution in [3.8, 4) is 17.2 Å². The monoisotopic (exact) mass is 493 g/mol. The van der Waals surface area contributed by atoms with E-state index in [9.17, 15) is 23.1 Å². The molecular weight excluding hydrogens is 474 g/mol. The summed E-state index contributed by atoms with van der Waals surface area (Å²) in [6.07, 6.45) is 1.27. The molecule has 1 heterocycles. The Balaban J connectivity index is 1.63. The lowest BCUT2D eigenvalue weighted by atomic mass is 10.1. The molecule has 3 aromatic carbocycles. The van der Waals surface area contributed by atoms with Gasteiger partial charge < -0.3 is 20.7 Å². The molecule has 178 valence electrons. The minimum absolute atomic E-state index is 0.0926. The van der Waals surface area contributed by atoms with Crippen LogP contribution in [0.5, 0.6) is 17.2 Å². The Morgan fingerprint density at radius 1 is 1.00 bits per heavy atom. The Labute approximate surface area is 199 Å². The number of fused-ring (bicyclic) bond motifs is 1. The molecular formula is C24H19N3O7S. The second-order valence-electron chi connectivity index (χ2n) is 7.40. The smallest absolute Gasteiger partial charge is 0.328 e. The third kappa shape index (κ3) is 4.90. The Morgan fingerprint density at radius 2 is 1.69 bits per heavy atom. The maximum absolute atomic E-state index is 12.7. The number of carboxylic acids is 1. The van der Waals surface area contributed by atoms with Gasteiger partial charge in [0.1, 0.15) is 5.75 Å². The number of pyridine rings is 1. The average Bonchev–Trinajstić information content (AvgIpc) is 2.85. The number of sulfonamides is 1. The highest BCUT2D eigenvalue weighted by molar-refractivity contribution is 7.92. The number of carbonyl (C=O) groups excluding carboxylic acids is 1. The van der Waals surface area contributed by atoms with Gasteiger partial charge in [-0.3, -0.25) is 14.3 Å². The number of hydrogen-bond donors (Lipinski definition) is 4. The van der Waals surface area contributed by atoms with Gasteiger partial charge in [0, 0.05) is 17.0 Å². The third-order valence-corrected chi connectivity index (χ3v) is 6.41. The maximum Gasteiger partial charge on any atom is 0.328 e. The van der Waals surface area contributed by atoms with Gasteiger partial charge in [-0.15, -0.1) is 0 Å². The number of aliphatic carboxylic acids is 1. The Bertz CT molecular complexity index is 1540. The first-order valence-corrected chi connectivity index (χ1v) is 11.6. The van der Waals surface area contributed by atoms with Gasteiger partial charge in [0.05, 0.1) is 10.6 Å². The molecule has 35 heavy (non-hydrogen) atoms. The minimum Gasteiger partial charge on any atom is -0.505 e. The van der Waals surface area contributed by atoms with Crippen LogP contribution in [-0.4, -0.2) is 41.4 Å². The molecule has 1 aromatic heterocycles. The lowest BCUT2D eigenvalue weighted by Crippen LogP contribution is -2.38. The number of carbonyl (C=O) groups is 2. The van der Waals surface area contributed by atoms with E-state index in [-0.39, 0.29) is 21.7 Å². The van der Waals surface area contributed by atoms with E-state index in [4.69, 9.17) is 15.6 Å². The molecule has 0 radical (unpaired) electrons. The first kappa shape index (κ1) is 23.7. The standard InChI is InChI=1S/C24H19N3O7S/c25-20(24(30)31)23(29)21-22(28)17-11-10-15(12-14(17)13-26-21)34-19-9-5-4-8-18(19)27-35(32,33)16-6-2-1-3-7-16/h1-13,20,27-28H,25H2,(H,30,31). The van der Waals surface area contributed by atoms with Crippen LogP contribution in [0.4, 0.5) is 5.69 Å². The molecule has 5 N–H and O–H groups in total. The first-order chi connectivity index (χ1) is 16.7. The van der Waals surface area contributed by atoms with Crippen molar-refractivity contribution in [3.05, 3.63) is 84.7 Å². The summed E-state index contributed by atoms with van der Waals surface area (Å²) in [5.74, 6) is -2.56. The molecule has 1 unspecified atom stereocenters. The van der Waals surface area contributed by atoms with E-state index in [0.29, 0.717) is 11.1 Å². The van der Waals surface area contributed by atoms with Crippen molar-refractivity contribution in [1.82, 2.24) is 4.98 Å². The molecule has 4 rings (SSSR count). The summed E-state index contributed by atoms with van der Waals surface area (Å²) in [4.78, 5) is 27.2. The first-order valence-electron chi connectivity index (χ1n) is 10.2. The zero-order valence-corrected chi connectivity index (χ0v) is 18.8. The SMILES string of the molecule is NC(C(=O)O)C(=O)c1ncc2cc(Oc3ccccc3NS(=O)(=O)c3ccccc3)ccc2c1O. The quantitative estimate of drug-likeness (QED) is 0.213. The summed E-state index contributed by atoms with van der Waals surface area (Å²) in [7, 11) is -3.85. The van der Waals surface area contributed by atoms with Crippen LogP contribution in [0.2, 0.25) is 0 Å². The molecule has 0 spiro atoms. The fourth-order valence-corrected chi connectivity index (χ4v) is 4.35. The van der Waals surface area contributed by atoms with Gasteiger partial charge in [-0.2, -0.15) is 0 Å². The number of hydrogen-bond acceptors (Lipinski definition) is 8. The van der Waals surface area contributed by atoms with Crippen molar-refractivity contribution in [2.45, 2.75) is 10.9 Å². The number of rotatable bonds is 8.